The number of hydrogen-bond acceptors (Lipinski definition) is 6. The molecule has 0 spiro atoms. The average molecular weight is 525 g/mol. The van der Waals surface area contributed by atoms with Gasteiger partial charge in [0.15, 0.2) is 6.29 Å². The Labute approximate surface area is 228 Å². The minimum Gasteiger partial charge on any atom is -0.507 e. The van der Waals surface area contributed by atoms with E-state index in [0.717, 1.165) is 22.3 Å². The molecule has 3 aromatic carbocycles. The number of benzene rings is 3. The minimum atomic E-state index is -0.772. The van der Waals surface area contributed by atoms with E-state index in [1.165, 1.54) is 6.07 Å². The molecule has 0 atom stereocenters. The molecule has 3 aromatic rings. The molecule has 0 saturated carbocycles. The van der Waals surface area contributed by atoms with E-state index in [9.17, 15) is 14.7 Å². The minimum absolute atomic E-state index is 0.0521. The maximum absolute atomic E-state index is 12.9. The quantitative estimate of drug-likeness (QED) is 0.301. The fraction of sp³-hybridized carbons (Fsp3) is 0.290. The molecule has 0 aromatic heterocycles. The molecule has 1 fully saturated rings. The number of amides is 1. The van der Waals surface area contributed by atoms with Crippen LogP contribution in [0.25, 0.3) is 17.2 Å². The maximum atomic E-state index is 12.9. The fourth-order valence-electron chi connectivity index (χ4n) is 5.04. The highest BCUT2D eigenvalue weighted by Crippen LogP contribution is 2.44. The van der Waals surface area contributed by atoms with Crippen molar-refractivity contribution in [2.75, 3.05) is 13.2 Å². The van der Waals surface area contributed by atoms with E-state index in [-0.39, 0.29) is 30.4 Å². The van der Waals surface area contributed by atoms with Crippen LogP contribution in [0.3, 0.4) is 0 Å². The molecule has 8 heteroatoms. The van der Waals surface area contributed by atoms with Gasteiger partial charge in [0.25, 0.3) is 0 Å². The van der Waals surface area contributed by atoms with Crippen molar-refractivity contribution in [1.29, 1.82) is 0 Å². The summed E-state index contributed by atoms with van der Waals surface area (Å²) in [4.78, 5) is 24.6. The number of hydrogen-bond donors (Lipinski definition) is 2. The first-order chi connectivity index (χ1) is 18.6. The molecule has 7 nitrogen and oxygen atoms in total. The van der Waals surface area contributed by atoms with Crippen LogP contribution in [0.1, 0.15) is 60.7 Å². The summed E-state index contributed by atoms with van der Waals surface area (Å²) in [6, 6.07) is 21.1. The molecule has 1 heterocycles. The third-order valence-electron chi connectivity index (χ3n) is 7.91. The molecule has 2 aliphatic rings. The smallest absolute Gasteiger partial charge is 0.492 e. The molecule has 5 rings (SSSR count). The van der Waals surface area contributed by atoms with Crippen LogP contribution in [0.15, 0.2) is 72.2 Å². The van der Waals surface area contributed by atoms with E-state index < -0.39 is 24.4 Å². The number of carbonyl (C=O) groups is 2. The fourth-order valence-corrected chi connectivity index (χ4v) is 5.04. The van der Waals surface area contributed by atoms with Crippen LogP contribution in [0, 0.1) is 0 Å². The zero-order valence-corrected chi connectivity index (χ0v) is 22.6. The number of phenols is 1. The lowest BCUT2D eigenvalue weighted by molar-refractivity contribution is 0.00578. The number of alkyl carbamates (subject to hydrolysis) is 1. The normalized spacial score (nSPS) is 17.4. The van der Waals surface area contributed by atoms with Crippen molar-refractivity contribution >= 4 is 25.6 Å². The molecule has 1 saturated heterocycles. The molecule has 1 aliphatic heterocycles. The second-order valence-corrected chi connectivity index (χ2v) is 10.9. The lowest BCUT2D eigenvalue weighted by Crippen LogP contribution is -2.41. The van der Waals surface area contributed by atoms with E-state index in [1.54, 1.807) is 18.2 Å². The second-order valence-electron chi connectivity index (χ2n) is 10.9. The monoisotopic (exact) mass is 525 g/mol. The van der Waals surface area contributed by atoms with E-state index in [2.05, 4.69) is 29.6 Å². The number of fused-ring (bicyclic) bond motifs is 3. The number of ether oxygens (including phenoxy) is 1. The Hall–Kier alpha value is -3.88. The van der Waals surface area contributed by atoms with E-state index >= 15 is 0 Å². The Morgan fingerprint density at radius 1 is 0.949 bits per heavy atom. The molecular formula is C31H32BNO6. The zero-order valence-electron chi connectivity index (χ0n) is 22.6. The van der Waals surface area contributed by atoms with E-state index in [1.807, 2.05) is 52.0 Å². The van der Waals surface area contributed by atoms with Gasteiger partial charge in [0.05, 0.1) is 16.8 Å². The number of nitrogens with one attached hydrogen (secondary N) is 1. The van der Waals surface area contributed by atoms with Crippen molar-refractivity contribution in [3.63, 3.8) is 0 Å². The van der Waals surface area contributed by atoms with Crippen LogP contribution in [0.2, 0.25) is 0 Å². The predicted molar refractivity (Wildman–Crippen MR) is 151 cm³/mol. The highest BCUT2D eigenvalue weighted by Gasteiger charge is 2.52. The number of rotatable bonds is 7. The number of phenolic OH excluding ortho intramolecular Hbond substituents is 1. The van der Waals surface area contributed by atoms with Crippen LogP contribution in [0.5, 0.6) is 5.75 Å². The first-order valence-electron chi connectivity index (χ1n) is 13.0. The molecule has 200 valence electrons. The van der Waals surface area contributed by atoms with Gasteiger partial charge in [-0.05, 0) is 67.1 Å². The van der Waals surface area contributed by atoms with Crippen LogP contribution >= 0.6 is 0 Å². The summed E-state index contributed by atoms with van der Waals surface area (Å²) in [7, 11) is -0.772. The van der Waals surface area contributed by atoms with Crippen LogP contribution in [-0.2, 0) is 14.0 Å². The summed E-state index contributed by atoms with van der Waals surface area (Å²) in [6.07, 6.45) is 1.72. The van der Waals surface area contributed by atoms with Gasteiger partial charge >= 0.3 is 13.2 Å². The molecule has 0 unspecified atom stereocenters. The Morgan fingerprint density at radius 3 is 2.13 bits per heavy atom. The Balaban J connectivity index is 1.33. The van der Waals surface area contributed by atoms with Gasteiger partial charge in [0.2, 0.25) is 0 Å². The van der Waals surface area contributed by atoms with Gasteiger partial charge in [-0.3, -0.25) is 4.79 Å². The van der Waals surface area contributed by atoms with Gasteiger partial charge in [-0.2, -0.15) is 0 Å². The van der Waals surface area contributed by atoms with Crippen LogP contribution in [0.4, 0.5) is 4.79 Å². The summed E-state index contributed by atoms with van der Waals surface area (Å²) in [6.45, 7) is 8.01. The van der Waals surface area contributed by atoms with Crippen LogP contribution in [-0.4, -0.2) is 49.0 Å². The first kappa shape index (κ1) is 26.7. The molecule has 0 radical (unpaired) electrons. The van der Waals surface area contributed by atoms with E-state index in [0.29, 0.717) is 17.3 Å². The van der Waals surface area contributed by atoms with Crippen molar-refractivity contribution in [3.05, 3.63) is 94.5 Å². The van der Waals surface area contributed by atoms with Crippen molar-refractivity contribution in [1.82, 2.24) is 5.32 Å². The van der Waals surface area contributed by atoms with E-state index in [4.69, 9.17) is 14.0 Å². The predicted octanol–water partition coefficient (Wildman–Crippen LogP) is 5.76. The second kappa shape index (κ2) is 10.4. The van der Waals surface area contributed by atoms with Crippen molar-refractivity contribution < 1.29 is 28.7 Å². The maximum Gasteiger partial charge on any atom is 0.492 e. The van der Waals surface area contributed by atoms with Gasteiger partial charge in [-0.15, -0.1) is 0 Å². The molecule has 1 aliphatic carbocycles. The topological polar surface area (TPSA) is 94.1 Å². The summed E-state index contributed by atoms with van der Waals surface area (Å²) in [5.74, 6) is -0.180. The van der Waals surface area contributed by atoms with Gasteiger partial charge in [0, 0.05) is 12.5 Å². The molecule has 2 N–H and O–H groups in total. The zero-order chi connectivity index (χ0) is 27.8. The van der Waals surface area contributed by atoms with Crippen molar-refractivity contribution in [2.45, 2.75) is 44.8 Å². The lowest BCUT2D eigenvalue weighted by atomic mass is 9.76. The number of aromatic hydroxyl groups is 1. The average Bonchev–Trinajstić information content (AvgIpc) is 3.34. The lowest BCUT2D eigenvalue weighted by Gasteiger charge is -2.32. The number of aldehydes is 1. The summed E-state index contributed by atoms with van der Waals surface area (Å²) in [5.41, 5.74) is 4.59. The largest absolute Gasteiger partial charge is 0.507 e. The highest BCUT2D eigenvalue weighted by molar-refractivity contribution is 6.56. The molecule has 1 amide bonds. The first-order valence-corrected chi connectivity index (χ1v) is 13.0. The molecule has 39 heavy (non-hydrogen) atoms. The van der Waals surface area contributed by atoms with Crippen molar-refractivity contribution in [3.8, 4) is 16.9 Å². The highest BCUT2D eigenvalue weighted by atomic mass is 16.7. The third kappa shape index (κ3) is 5.10. The van der Waals surface area contributed by atoms with Crippen LogP contribution < -0.4 is 5.32 Å². The van der Waals surface area contributed by atoms with Gasteiger partial charge < -0.3 is 24.5 Å². The molecule has 0 bridgehead atoms. The van der Waals surface area contributed by atoms with Gasteiger partial charge in [0.1, 0.15) is 12.4 Å². The summed E-state index contributed by atoms with van der Waals surface area (Å²) in [5, 5.41) is 13.0. The SMILES string of the molecule is CC1(C)OB(C(=Cc2cccc(O)c2C=O)CNC(=O)OCC2c3ccccc3-c3ccccc32)OC1(C)C. The third-order valence-corrected chi connectivity index (χ3v) is 7.91. The Kier molecular flexibility index (Phi) is 7.10. The summed E-state index contributed by atoms with van der Waals surface area (Å²) < 4.78 is 18.1. The van der Waals surface area contributed by atoms with Gasteiger partial charge in [-0.1, -0.05) is 66.7 Å². The molecular weight excluding hydrogens is 493 g/mol. The summed E-state index contributed by atoms with van der Waals surface area (Å²) >= 11 is 0. The standard InChI is InChI=1S/C31H32BNO6/c1-30(2)31(3,4)39-32(38-30)21(16-20-10-9-15-28(35)26(20)18-34)17-33-29(36)37-19-27-24-13-7-5-11-22(24)23-12-6-8-14-25(23)27/h5-16,18,27,35H,17,19H2,1-4H3,(H,33,36). The van der Waals surface area contributed by atoms with Gasteiger partial charge in [-0.25, -0.2) is 4.79 Å². The number of carbonyl (C=O) groups excluding carboxylic acids is 2. The Morgan fingerprint density at radius 2 is 1.54 bits per heavy atom. The Bertz CT molecular complexity index is 1380. The van der Waals surface area contributed by atoms with Crippen molar-refractivity contribution in [2.24, 2.45) is 0 Å².